The molecular formula is C13H18O. The highest BCUT2D eigenvalue weighted by Crippen LogP contribution is 2.58. The number of fused-ring (bicyclic) bond motifs is 5. The van der Waals surface area contributed by atoms with E-state index < -0.39 is 0 Å². The van der Waals surface area contributed by atoms with Crippen LogP contribution in [0.4, 0.5) is 0 Å². The quantitative estimate of drug-likeness (QED) is 0.494. The molecule has 4 atom stereocenters. The maximum Gasteiger partial charge on any atom is 0.120 e. The van der Waals surface area contributed by atoms with E-state index in [0.717, 1.165) is 42.8 Å². The lowest BCUT2D eigenvalue weighted by Gasteiger charge is -2.23. The number of carbonyl (C=O) groups is 1. The van der Waals surface area contributed by atoms with Gasteiger partial charge in [0, 0.05) is 6.42 Å². The van der Waals surface area contributed by atoms with E-state index in [1.165, 1.54) is 25.7 Å². The van der Waals surface area contributed by atoms with Gasteiger partial charge >= 0.3 is 0 Å². The van der Waals surface area contributed by atoms with Crippen LogP contribution in [-0.2, 0) is 4.79 Å². The Hall–Kier alpha value is -0.590. The normalized spacial score (nSPS) is 43.9. The predicted octanol–water partition coefficient (Wildman–Crippen LogP) is 2.96. The summed E-state index contributed by atoms with van der Waals surface area (Å²) in [5, 5.41) is 0. The largest absolute Gasteiger partial charge is 0.303 e. The summed E-state index contributed by atoms with van der Waals surface area (Å²) in [6.45, 7) is 0. The fourth-order valence-electron chi connectivity index (χ4n) is 4.09. The van der Waals surface area contributed by atoms with Crippen LogP contribution >= 0.6 is 0 Å². The molecule has 0 N–H and O–H groups in total. The van der Waals surface area contributed by atoms with Crippen molar-refractivity contribution >= 4 is 6.29 Å². The molecule has 1 nitrogen and oxygen atoms in total. The van der Waals surface area contributed by atoms with Gasteiger partial charge in [-0.2, -0.15) is 0 Å². The second-order valence-electron chi connectivity index (χ2n) is 5.31. The van der Waals surface area contributed by atoms with Crippen LogP contribution in [0.3, 0.4) is 0 Å². The van der Waals surface area contributed by atoms with Crippen LogP contribution in [0.15, 0.2) is 11.6 Å². The Labute approximate surface area is 85.6 Å². The first-order valence-corrected chi connectivity index (χ1v) is 6.01. The van der Waals surface area contributed by atoms with Crippen molar-refractivity contribution in [3.05, 3.63) is 11.6 Å². The monoisotopic (exact) mass is 190 g/mol. The molecule has 2 saturated carbocycles. The number of allylic oxidation sites excluding steroid dienone is 2. The topological polar surface area (TPSA) is 17.1 Å². The number of aldehydes is 1. The molecule has 0 spiro atoms. The third-order valence-electron chi connectivity index (χ3n) is 4.67. The van der Waals surface area contributed by atoms with Gasteiger partial charge in [0.15, 0.2) is 0 Å². The highest BCUT2D eigenvalue weighted by atomic mass is 16.1. The Bertz CT molecular complexity index is 279. The van der Waals surface area contributed by atoms with Gasteiger partial charge in [-0.3, -0.25) is 0 Å². The summed E-state index contributed by atoms with van der Waals surface area (Å²) in [7, 11) is 0. The molecule has 0 aromatic heterocycles. The molecule has 2 bridgehead atoms. The summed E-state index contributed by atoms with van der Waals surface area (Å²) in [5.74, 6) is 3.94. The first kappa shape index (κ1) is 8.70. The molecule has 0 aromatic rings. The highest BCUT2D eigenvalue weighted by Gasteiger charge is 2.48. The number of rotatable bonds is 3. The molecule has 14 heavy (non-hydrogen) atoms. The van der Waals surface area contributed by atoms with E-state index in [0.29, 0.717) is 0 Å². The molecule has 3 aliphatic rings. The molecule has 0 radical (unpaired) electrons. The van der Waals surface area contributed by atoms with Crippen molar-refractivity contribution in [2.75, 3.05) is 0 Å². The van der Waals surface area contributed by atoms with Gasteiger partial charge < -0.3 is 4.79 Å². The first-order chi connectivity index (χ1) is 6.88. The summed E-state index contributed by atoms with van der Waals surface area (Å²) in [6, 6.07) is 0. The van der Waals surface area contributed by atoms with Crippen molar-refractivity contribution in [3.63, 3.8) is 0 Å². The third kappa shape index (κ3) is 1.18. The Kier molecular flexibility index (Phi) is 2.00. The minimum absolute atomic E-state index is 0.737. The molecule has 0 aromatic carbocycles. The van der Waals surface area contributed by atoms with Gasteiger partial charge in [-0.1, -0.05) is 11.6 Å². The zero-order chi connectivity index (χ0) is 9.54. The van der Waals surface area contributed by atoms with Gasteiger partial charge in [0.25, 0.3) is 0 Å². The second kappa shape index (κ2) is 3.22. The fraction of sp³-hybridized carbons (Fsp3) is 0.769. The van der Waals surface area contributed by atoms with Crippen LogP contribution in [0.25, 0.3) is 0 Å². The van der Waals surface area contributed by atoms with Crippen molar-refractivity contribution < 1.29 is 4.79 Å². The average molecular weight is 190 g/mol. The summed E-state index contributed by atoms with van der Waals surface area (Å²) < 4.78 is 0. The van der Waals surface area contributed by atoms with Crippen LogP contribution in [0, 0.1) is 23.7 Å². The zero-order valence-corrected chi connectivity index (χ0v) is 8.61. The Balaban J connectivity index is 1.70. The second-order valence-corrected chi connectivity index (χ2v) is 5.31. The third-order valence-corrected chi connectivity index (χ3v) is 4.67. The van der Waals surface area contributed by atoms with Crippen LogP contribution in [0.2, 0.25) is 0 Å². The Morgan fingerprint density at radius 2 is 2.21 bits per heavy atom. The minimum Gasteiger partial charge on any atom is -0.303 e. The molecule has 0 saturated heterocycles. The van der Waals surface area contributed by atoms with Gasteiger partial charge in [-0.15, -0.1) is 0 Å². The molecule has 0 amide bonds. The number of hydrogen-bond donors (Lipinski definition) is 0. The molecule has 76 valence electrons. The Morgan fingerprint density at radius 1 is 1.36 bits per heavy atom. The van der Waals surface area contributed by atoms with E-state index in [1.807, 2.05) is 0 Å². The van der Waals surface area contributed by atoms with Crippen molar-refractivity contribution in [2.45, 2.75) is 38.5 Å². The lowest BCUT2D eigenvalue weighted by atomic mass is 9.81. The van der Waals surface area contributed by atoms with Crippen LogP contribution < -0.4 is 0 Å². The molecule has 2 unspecified atom stereocenters. The summed E-state index contributed by atoms with van der Waals surface area (Å²) in [4.78, 5) is 10.3. The lowest BCUT2D eigenvalue weighted by Crippen LogP contribution is -2.16. The van der Waals surface area contributed by atoms with Gasteiger partial charge in [0.05, 0.1) is 0 Å². The van der Waals surface area contributed by atoms with E-state index >= 15 is 0 Å². The van der Waals surface area contributed by atoms with Crippen molar-refractivity contribution in [1.29, 1.82) is 0 Å². The van der Waals surface area contributed by atoms with E-state index in [9.17, 15) is 4.79 Å². The molecular weight excluding hydrogens is 172 g/mol. The zero-order valence-electron chi connectivity index (χ0n) is 8.61. The lowest BCUT2D eigenvalue weighted by molar-refractivity contribution is -0.107. The van der Waals surface area contributed by atoms with Crippen LogP contribution in [0.1, 0.15) is 38.5 Å². The molecule has 3 rings (SSSR count). The van der Waals surface area contributed by atoms with Crippen LogP contribution in [-0.4, -0.2) is 6.29 Å². The van der Waals surface area contributed by atoms with Crippen molar-refractivity contribution in [3.8, 4) is 0 Å². The predicted molar refractivity (Wildman–Crippen MR) is 55.8 cm³/mol. The minimum atomic E-state index is 0.737. The van der Waals surface area contributed by atoms with E-state index in [4.69, 9.17) is 0 Å². The smallest absolute Gasteiger partial charge is 0.120 e. The molecule has 0 heterocycles. The van der Waals surface area contributed by atoms with Gasteiger partial charge in [0.2, 0.25) is 0 Å². The number of hydrogen-bond acceptors (Lipinski definition) is 1. The van der Waals surface area contributed by atoms with E-state index in [-0.39, 0.29) is 0 Å². The summed E-state index contributed by atoms with van der Waals surface area (Å²) in [5.41, 5.74) is 1.59. The Morgan fingerprint density at radius 3 is 3.00 bits per heavy atom. The van der Waals surface area contributed by atoms with E-state index in [2.05, 4.69) is 6.08 Å². The maximum atomic E-state index is 10.3. The molecule has 3 aliphatic carbocycles. The van der Waals surface area contributed by atoms with Crippen molar-refractivity contribution in [1.82, 2.24) is 0 Å². The molecule has 1 heteroatoms. The number of carbonyl (C=O) groups excluding carboxylic acids is 1. The maximum absolute atomic E-state index is 10.3. The fourth-order valence-corrected chi connectivity index (χ4v) is 4.09. The molecule has 2 fully saturated rings. The van der Waals surface area contributed by atoms with Gasteiger partial charge in [-0.25, -0.2) is 0 Å². The van der Waals surface area contributed by atoms with Crippen LogP contribution in [0.5, 0.6) is 0 Å². The van der Waals surface area contributed by atoms with E-state index in [1.54, 1.807) is 5.57 Å². The van der Waals surface area contributed by atoms with Gasteiger partial charge in [-0.05, 0) is 55.8 Å². The van der Waals surface area contributed by atoms with Gasteiger partial charge in [0.1, 0.15) is 6.29 Å². The standard InChI is InChI=1S/C13H18O/c14-5-1-2-9-6-12-10-3-4-11(8-10)13(12)7-9/h5-6,10-13H,1-4,7-8H2/t10?,11?,12-,13+/m1/s1. The SMILES string of the molecule is O=CCCC1=C[C@@H]2C3CCC(C3)[C@@H]2C1. The molecule has 0 aliphatic heterocycles. The highest BCUT2D eigenvalue weighted by molar-refractivity contribution is 5.50. The van der Waals surface area contributed by atoms with Crippen molar-refractivity contribution in [2.24, 2.45) is 23.7 Å². The summed E-state index contributed by atoms with van der Waals surface area (Å²) >= 11 is 0. The average Bonchev–Trinajstić information content (AvgIpc) is 2.85. The summed E-state index contributed by atoms with van der Waals surface area (Å²) in [6.07, 6.45) is 11.1. The first-order valence-electron chi connectivity index (χ1n) is 6.01.